The Bertz CT molecular complexity index is 648. The molecule has 2 aromatic carbocycles. The Kier molecular flexibility index (Phi) is 5.71. The Hall–Kier alpha value is -2.40. The van der Waals surface area contributed by atoms with Gasteiger partial charge in [-0.3, -0.25) is 4.79 Å². The van der Waals surface area contributed by atoms with Crippen molar-refractivity contribution in [2.24, 2.45) is 0 Å². The third kappa shape index (κ3) is 4.53. The summed E-state index contributed by atoms with van der Waals surface area (Å²) in [5.74, 6) is -0.0497. The van der Waals surface area contributed by atoms with Gasteiger partial charge in [0.05, 0.1) is 6.54 Å². The number of ether oxygens (including phenoxy) is 2. The molecule has 0 radical (unpaired) electrons. The summed E-state index contributed by atoms with van der Waals surface area (Å²) in [5.41, 5.74) is -0.555. The monoisotopic (exact) mass is 317 g/mol. The second-order valence-corrected chi connectivity index (χ2v) is 5.29. The third-order valence-corrected chi connectivity index (χ3v) is 3.63. The van der Waals surface area contributed by atoms with Gasteiger partial charge in [-0.2, -0.15) is 0 Å². The molecule has 0 aliphatic heterocycles. The third-order valence-electron chi connectivity index (χ3n) is 3.63. The Morgan fingerprint density at radius 1 is 1.13 bits per heavy atom. The molecular weight excluding hydrogens is 297 g/mol. The van der Waals surface area contributed by atoms with Crippen LogP contribution in [0.1, 0.15) is 12.5 Å². The van der Waals surface area contributed by atoms with Gasteiger partial charge in [-0.25, -0.2) is 4.39 Å². The van der Waals surface area contributed by atoms with Crippen molar-refractivity contribution in [1.29, 1.82) is 0 Å². The molecule has 0 spiro atoms. The van der Waals surface area contributed by atoms with Gasteiger partial charge in [-0.05, 0) is 25.1 Å². The summed E-state index contributed by atoms with van der Waals surface area (Å²) < 4.78 is 24.7. The molecule has 0 heterocycles. The number of hydrogen-bond acceptors (Lipinski definition) is 3. The second-order valence-electron chi connectivity index (χ2n) is 5.29. The summed E-state index contributed by atoms with van der Waals surface area (Å²) in [7, 11) is 1.49. The number of benzene rings is 2. The molecule has 0 unspecified atom stereocenters. The number of para-hydroxylation sites is 1. The molecule has 0 aromatic heterocycles. The van der Waals surface area contributed by atoms with Crippen LogP contribution >= 0.6 is 0 Å². The van der Waals surface area contributed by atoms with Crippen molar-refractivity contribution in [3.05, 3.63) is 66.0 Å². The predicted molar refractivity (Wildman–Crippen MR) is 85.7 cm³/mol. The number of hydrogen-bond donors (Lipinski definition) is 1. The summed E-state index contributed by atoms with van der Waals surface area (Å²) in [6, 6.07) is 15.4. The summed E-state index contributed by atoms with van der Waals surface area (Å²) in [4.78, 5) is 11.9. The molecule has 122 valence electrons. The zero-order valence-corrected chi connectivity index (χ0v) is 13.2. The molecule has 1 atom stereocenters. The van der Waals surface area contributed by atoms with Gasteiger partial charge in [0.2, 0.25) is 0 Å². The van der Waals surface area contributed by atoms with Gasteiger partial charge < -0.3 is 14.8 Å². The lowest BCUT2D eigenvalue weighted by Crippen LogP contribution is -2.42. The first kappa shape index (κ1) is 17.0. The normalized spacial score (nSPS) is 13.2. The van der Waals surface area contributed by atoms with Crippen LogP contribution in [0.2, 0.25) is 0 Å². The van der Waals surface area contributed by atoms with Gasteiger partial charge in [0.25, 0.3) is 5.91 Å². The van der Waals surface area contributed by atoms with Crippen LogP contribution in [0.3, 0.4) is 0 Å². The highest BCUT2D eigenvalue weighted by Crippen LogP contribution is 2.26. The van der Waals surface area contributed by atoms with E-state index in [2.05, 4.69) is 5.32 Å². The second kappa shape index (κ2) is 7.74. The van der Waals surface area contributed by atoms with Crippen molar-refractivity contribution in [1.82, 2.24) is 5.32 Å². The van der Waals surface area contributed by atoms with Crippen molar-refractivity contribution in [2.45, 2.75) is 12.5 Å². The van der Waals surface area contributed by atoms with E-state index in [1.807, 2.05) is 18.2 Å². The topological polar surface area (TPSA) is 47.6 Å². The fourth-order valence-corrected chi connectivity index (χ4v) is 2.15. The maximum Gasteiger partial charge on any atom is 0.258 e. The minimum atomic E-state index is -0.951. The lowest BCUT2D eigenvalue weighted by molar-refractivity contribution is -0.124. The molecule has 0 saturated heterocycles. The van der Waals surface area contributed by atoms with Crippen LogP contribution in [0.4, 0.5) is 4.39 Å². The Balaban J connectivity index is 1.92. The largest absolute Gasteiger partial charge is 0.484 e. The summed E-state index contributed by atoms with van der Waals surface area (Å²) in [5, 5.41) is 2.71. The van der Waals surface area contributed by atoms with E-state index in [4.69, 9.17) is 9.47 Å². The number of carbonyl (C=O) groups is 1. The van der Waals surface area contributed by atoms with Crippen molar-refractivity contribution in [2.75, 3.05) is 20.3 Å². The predicted octanol–water partition coefficient (Wildman–Crippen LogP) is 2.88. The quantitative estimate of drug-likeness (QED) is 0.854. The first-order valence-electron chi connectivity index (χ1n) is 7.30. The van der Waals surface area contributed by atoms with Gasteiger partial charge in [-0.15, -0.1) is 0 Å². The van der Waals surface area contributed by atoms with E-state index >= 15 is 0 Å². The molecule has 4 nitrogen and oxygen atoms in total. The zero-order chi connectivity index (χ0) is 16.7. The summed E-state index contributed by atoms with van der Waals surface area (Å²) in [6.45, 7) is 1.76. The molecule has 2 aromatic rings. The van der Waals surface area contributed by atoms with Crippen LogP contribution < -0.4 is 10.1 Å². The number of rotatable bonds is 7. The van der Waals surface area contributed by atoms with Crippen LogP contribution in [0.5, 0.6) is 5.75 Å². The van der Waals surface area contributed by atoms with Crippen LogP contribution in [-0.4, -0.2) is 26.2 Å². The molecule has 0 aliphatic carbocycles. The number of halogens is 1. The van der Waals surface area contributed by atoms with E-state index in [1.54, 1.807) is 37.3 Å². The number of carbonyl (C=O) groups excluding carboxylic acids is 1. The van der Waals surface area contributed by atoms with Crippen molar-refractivity contribution >= 4 is 5.91 Å². The van der Waals surface area contributed by atoms with E-state index < -0.39 is 5.60 Å². The average molecular weight is 317 g/mol. The highest BCUT2D eigenvalue weighted by atomic mass is 19.1. The van der Waals surface area contributed by atoms with Crippen LogP contribution in [0, 0.1) is 5.82 Å². The first-order valence-corrected chi connectivity index (χ1v) is 7.30. The van der Waals surface area contributed by atoms with E-state index in [9.17, 15) is 9.18 Å². The smallest absolute Gasteiger partial charge is 0.258 e. The molecule has 0 fully saturated rings. The molecular formula is C18H20FNO3. The van der Waals surface area contributed by atoms with Crippen LogP contribution in [0.15, 0.2) is 54.6 Å². The molecule has 0 aliphatic rings. The highest BCUT2D eigenvalue weighted by molar-refractivity contribution is 5.77. The highest BCUT2D eigenvalue weighted by Gasteiger charge is 2.29. The minimum absolute atomic E-state index is 0.110. The Morgan fingerprint density at radius 3 is 2.43 bits per heavy atom. The molecule has 5 heteroatoms. The lowest BCUT2D eigenvalue weighted by Gasteiger charge is -2.29. The number of methoxy groups -OCH3 is 1. The maximum absolute atomic E-state index is 13.9. The molecule has 1 amide bonds. The van der Waals surface area contributed by atoms with E-state index in [1.165, 1.54) is 13.2 Å². The van der Waals surface area contributed by atoms with Gasteiger partial charge in [0.15, 0.2) is 6.61 Å². The Morgan fingerprint density at radius 2 is 1.78 bits per heavy atom. The van der Waals surface area contributed by atoms with E-state index in [-0.39, 0.29) is 24.9 Å². The van der Waals surface area contributed by atoms with Crippen LogP contribution in [0.25, 0.3) is 0 Å². The summed E-state index contributed by atoms with van der Waals surface area (Å²) in [6.07, 6.45) is 0. The maximum atomic E-state index is 13.9. The van der Waals surface area contributed by atoms with Crippen LogP contribution in [-0.2, 0) is 15.1 Å². The average Bonchev–Trinajstić information content (AvgIpc) is 2.59. The number of amides is 1. The van der Waals surface area contributed by atoms with Gasteiger partial charge >= 0.3 is 0 Å². The van der Waals surface area contributed by atoms with Gasteiger partial charge in [-0.1, -0.05) is 36.4 Å². The standard InChI is InChI=1S/C18H20FNO3/c1-18(22-2,15-10-6-7-11-16(15)19)13-20-17(21)12-23-14-8-4-3-5-9-14/h3-11H,12-13H2,1-2H3,(H,20,21)/t18-/m1/s1. The Labute approximate surface area is 135 Å². The molecule has 1 N–H and O–H groups in total. The lowest BCUT2D eigenvalue weighted by atomic mass is 9.95. The zero-order valence-electron chi connectivity index (χ0n) is 13.2. The van der Waals surface area contributed by atoms with Crippen molar-refractivity contribution < 1.29 is 18.7 Å². The van der Waals surface area contributed by atoms with E-state index in [0.717, 1.165) is 0 Å². The SMILES string of the molecule is CO[C@](C)(CNC(=O)COc1ccccc1)c1ccccc1F. The minimum Gasteiger partial charge on any atom is -0.484 e. The first-order chi connectivity index (χ1) is 11.0. The molecule has 0 bridgehead atoms. The van der Waals surface area contributed by atoms with Gasteiger partial charge in [0, 0.05) is 12.7 Å². The molecule has 2 rings (SSSR count). The van der Waals surface area contributed by atoms with Crippen molar-refractivity contribution in [3.63, 3.8) is 0 Å². The fourth-order valence-electron chi connectivity index (χ4n) is 2.15. The van der Waals surface area contributed by atoms with E-state index in [0.29, 0.717) is 11.3 Å². The fraction of sp³-hybridized carbons (Fsp3) is 0.278. The molecule has 0 saturated carbocycles. The number of nitrogens with one attached hydrogen (secondary N) is 1. The molecule has 23 heavy (non-hydrogen) atoms. The summed E-state index contributed by atoms with van der Waals surface area (Å²) >= 11 is 0. The van der Waals surface area contributed by atoms with Crippen molar-refractivity contribution in [3.8, 4) is 5.75 Å². The van der Waals surface area contributed by atoms with Gasteiger partial charge in [0.1, 0.15) is 17.2 Å².